The van der Waals surface area contributed by atoms with E-state index in [1.165, 1.54) is 16.4 Å². The molecule has 0 bridgehead atoms. The number of hydrogen-bond acceptors (Lipinski definition) is 5. The number of hydrogen-bond donors (Lipinski definition) is 1. The Morgan fingerprint density at radius 3 is 2.81 bits per heavy atom. The number of rotatable bonds is 8. The van der Waals surface area contributed by atoms with Crippen molar-refractivity contribution >= 4 is 11.5 Å². The molecule has 1 atom stereocenters. The lowest BCUT2D eigenvalue weighted by atomic mass is 10.0. The Kier molecular flexibility index (Phi) is 5.87. The molecule has 0 spiro atoms. The van der Waals surface area contributed by atoms with Crippen molar-refractivity contribution in [3.8, 4) is 0 Å². The van der Waals surface area contributed by atoms with Crippen LogP contribution >= 0.6 is 11.5 Å². The first-order chi connectivity index (χ1) is 10.2. The van der Waals surface area contributed by atoms with E-state index in [1.807, 2.05) is 12.4 Å². The summed E-state index contributed by atoms with van der Waals surface area (Å²) in [5, 5.41) is 7.95. The first-order valence-electron chi connectivity index (χ1n) is 7.72. The Morgan fingerprint density at radius 2 is 2.14 bits per heavy atom. The molecule has 1 unspecified atom stereocenters. The van der Waals surface area contributed by atoms with Gasteiger partial charge >= 0.3 is 0 Å². The largest absolute Gasteiger partial charge is 0.335 e. The SMILES string of the molecule is CCCNC(Cc1nccn1CC)c1snnc1C(C)C. The molecule has 0 saturated carbocycles. The van der Waals surface area contributed by atoms with E-state index in [-0.39, 0.29) is 6.04 Å². The average molecular weight is 307 g/mol. The molecule has 2 aromatic heterocycles. The zero-order chi connectivity index (χ0) is 15.2. The molecule has 21 heavy (non-hydrogen) atoms. The number of aromatic nitrogens is 4. The van der Waals surface area contributed by atoms with Crippen LogP contribution in [0.3, 0.4) is 0 Å². The van der Waals surface area contributed by atoms with Crippen molar-refractivity contribution in [3.63, 3.8) is 0 Å². The minimum Gasteiger partial charge on any atom is -0.335 e. The van der Waals surface area contributed by atoms with Gasteiger partial charge in [-0.15, -0.1) is 5.10 Å². The fourth-order valence-corrected chi connectivity index (χ4v) is 3.30. The quantitative estimate of drug-likeness (QED) is 0.814. The van der Waals surface area contributed by atoms with Crippen LogP contribution in [-0.4, -0.2) is 25.7 Å². The molecule has 0 aliphatic rings. The smallest absolute Gasteiger partial charge is 0.110 e. The number of aryl methyl sites for hydroxylation is 1. The minimum atomic E-state index is 0.245. The van der Waals surface area contributed by atoms with Gasteiger partial charge in [-0.2, -0.15) is 0 Å². The maximum absolute atomic E-state index is 4.51. The lowest BCUT2D eigenvalue weighted by Gasteiger charge is -2.19. The van der Waals surface area contributed by atoms with E-state index in [1.54, 1.807) is 0 Å². The van der Waals surface area contributed by atoms with Crippen LogP contribution in [0.4, 0.5) is 0 Å². The van der Waals surface area contributed by atoms with Crippen molar-refractivity contribution in [2.45, 2.75) is 59.0 Å². The molecule has 2 aromatic rings. The lowest BCUT2D eigenvalue weighted by molar-refractivity contribution is 0.507. The van der Waals surface area contributed by atoms with Gasteiger partial charge in [0.15, 0.2) is 0 Å². The Labute approximate surface area is 131 Å². The van der Waals surface area contributed by atoms with E-state index < -0.39 is 0 Å². The standard InChI is InChI=1S/C15H25N5S/c1-5-7-16-12(10-13-17-8-9-20(13)6-2)15-14(11(3)4)18-19-21-15/h8-9,11-12,16H,5-7,10H2,1-4H3. The van der Waals surface area contributed by atoms with Gasteiger partial charge < -0.3 is 9.88 Å². The van der Waals surface area contributed by atoms with Gasteiger partial charge in [-0.25, -0.2) is 4.98 Å². The highest BCUT2D eigenvalue weighted by Crippen LogP contribution is 2.28. The molecule has 0 fully saturated rings. The molecule has 6 heteroatoms. The Hall–Kier alpha value is -1.27. The molecule has 1 N–H and O–H groups in total. The van der Waals surface area contributed by atoms with Gasteiger partial charge in [0, 0.05) is 25.4 Å². The highest BCUT2D eigenvalue weighted by molar-refractivity contribution is 7.05. The Bertz CT molecular complexity index is 546. The van der Waals surface area contributed by atoms with E-state index in [0.717, 1.165) is 37.4 Å². The van der Waals surface area contributed by atoms with Crippen LogP contribution < -0.4 is 5.32 Å². The molecule has 0 aliphatic heterocycles. The maximum atomic E-state index is 4.51. The summed E-state index contributed by atoms with van der Waals surface area (Å²) in [6.07, 6.45) is 5.91. The van der Waals surface area contributed by atoms with E-state index in [2.05, 4.69) is 52.1 Å². The highest BCUT2D eigenvalue weighted by Gasteiger charge is 2.22. The number of nitrogens with one attached hydrogen (secondary N) is 1. The summed E-state index contributed by atoms with van der Waals surface area (Å²) < 4.78 is 6.37. The number of imidazole rings is 1. The lowest BCUT2D eigenvalue weighted by Crippen LogP contribution is -2.25. The molecule has 0 saturated heterocycles. The predicted molar refractivity (Wildman–Crippen MR) is 86.6 cm³/mol. The second-order valence-electron chi connectivity index (χ2n) is 5.52. The van der Waals surface area contributed by atoms with Crippen LogP contribution in [0.2, 0.25) is 0 Å². The van der Waals surface area contributed by atoms with Crippen molar-refractivity contribution in [1.29, 1.82) is 0 Å². The third-order valence-corrected chi connectivity index (χ3v) is 4.43. The fourth-order valence-electron chi connectivity index (χ4n) is 2.42. The van der Waals surface area contributed by atoms with Gasteiger partial charge in [0.2, 0.25) is 0 Å². The molecular formula is C15H25N5S. The summed E-state index contributed by atoms with van der Waals surface area (Å²) in [5.74, 6) is 1.52. The summed E-state index contributed by atoms with van der Waals surface area (Å²) in [5.41, 5.74) is 1.11. The van der Waals surface area contributed by atoms with Crippen molar-refractivity contribution in [2.24, 2.45) is 0 Å². The van der Waals surface area contributed by atoms with Gasteiger partial charge in [0.25, 0.3) is 0 Å². The van der Waals surface area contributed by atoms with Gasteiger partial charge in [-0.1, -0.05) is 25.3 Å². The van der Waals surface area contributed by atoms with Gasteiger partial charge in [0.1, 0.15) is 5.82 Å². The van der Waals surface area contributed by atoms with Gasteiger partial charge in [-0.3, -0.25) is 0 Å². The van der Waals surface area contributed by atoms with E-state index in [0.29, 0.717) is 5.92 Å². The predicted octanol–water partition coefficient (Wildman–Crippen LogP) is 3.16. The first kappa shape index (κ1) is 16.1. The first-order valence-corrected chi connectivity index (χ1v) is 8.50. The summed E-state index contributed by atoms with van der Waals surface area (Å²) >= 11 is 1.51. The highest BCUT2D eigenvalue weighted by atomic mass is 32.1. The molecular weight excluding hydrogens is 282 g/mol. The van der Waals surface area contributed by atoms with Crippen LogP contribution in [-0.2, 0) is 13.0 Å². The third-order valence-electron chi connectivity index (χ3n) is 3.57. The van der Waals surface area contributed by atoms with E-state index >= 15 is 0 Å². The van der Waals surface area contributed by atoms with Crippen LogP contribution in [0.15, 0.2) is 12.4 Å². The molecule has 0 amide bonds. The van der Waals surface area contributed by atoms with Gasteiger partial charge in [-0.05, 0) is 37.3 Å². The molecule has 0 radical (unpaired) electrons. The van der Waals surface area contributed by atoms with Crippen molar-refractivity contribution in [3.05, 3.63) is 28.8 Å². The van der Waals surface area contributed by atoms with Crippen LogP contribution in [0, 0.1) is 0 Å². The van der Waals surface area contributed by atoms with Crippen molar-refractivity contribution in [2.75, 3.05) is 6.54 Å². The molecule has 2 rings (SSSR count). The molecule has 2 heterocycles. The molecule has 5 nitrogen and oxygen atoms in total. The number of nitrogens with zero attached hydrogens (tertiary/aromatic N) is 4. The summed E-state index contributed by atoms with van der Waals surface area (Å²) in [7, 11) is 0. The Balaban J connectivity index is 2.23. The third kappa shape index (κ3) is 3.89. The van der Waals surface area contributed by atoms with Crippen molar-refractivity contribution < 1.29 is 0 Å². The molecule has 116 valence electrons. The van der Waals surface area contributed by atoms with Crippen LogP contribution in [0.1, 0.15) is 62.5 Å². The van der Waals surface area contributed by atoms with Crippen molar-refractivity contribution in [1.82, 2.24) is 24.5 Å². The summed E-state index contributed by atoms with van der Waals surface area (Å²) in [6.45, 7) is 10.6. The molecule has 0 aromatic carbocycles. The summed E-state index contributed by atoms with van der Waals surface area (Å²) in [6, 6.07) is 0.245. The van der Waals surface area contributed by atoms with E-state index in [4.69, 9.17) is 0 Å². The zero-order valence-electron chi connectivity index (χ0n) is 13.3. The minimum absolute atomic E-state index is 0.245. The Morgan fingerprint density at radius 1 is 1.33 bits per heavy atom. The molecule has 0 aliphatic carbocycles. The van der Waals surface area contributed by atoms with Crippen LogP contribution in [0.5, 0.6) is 0 Å². The fraction of sp³-hybridized carbons (Fsp3) is 0.667. The summed E-state index contributed by atoms with van der Waals surface area (Å²) in [4.78, 5) is 5.76. The van der Waals surface area contributed by atoms with Gasteiger partial charge in [0.05, 0.1) is 16.6 Å². The normalized spacial score (nSPS) is 13.0. The topological polar surface area (TPSA) is 55.6 Å². The van der Waals surface area contributed by atoms with Crippen LogP contribution in [0.25, 0.3) is 0 Å². The second-order valence-corrected chi connectivity index (χ2v) is 6.30. The average Bonchev–Trinajstić information content (AvgIpc) is 3.11. The zero-order valence-corrected chi connectivity index (χ0v) is 14.2. The van der Waals surface area contributed by atoms with E-state index in [9.17, 15) is 0 Å². The monoisotopic (exact) mass is 307 g/mol. The maximum Gasteiger partial charge on any atom is 0.110 e. The second kappa shape index (κ2) is 7.66.